The van der Waals surface area contributed by atoms with Crippen molar-refractivity contribution in [3.05, 3.63) is 65.7 Å². The molecule has 0 aliphatic carbocycles. The fourth-order valence-electron chi connectivity index (χ4n) is 12.2. The highest BCUT2D eigenvalue weighted by Crippen LogP contribution is 2.25. The molecule has 1 aliphatic rings. The minimum atomic E-state index is -1.96. The summed E-state index contributed by atoms with van der Waals surface area (Å²) in [6.07, 6.45) is -3.08. The number of carbonyl (C=O) groups excluding carboxylic acids is 16. The lowest BCUT2D eigenvalue weighted by Crippen LogP contribution is -2.62. The minimum absolute atomic E-state index is 0.0164. The van der Waals surface area contributed by atoms with Crippen LogP contribution in [0.2, 0.25) is 0 Å². The van der Waals surface area contributed by atoms with Gasteiger partial charge in [-0.25, -0.2) is 4.79 Å². The number of phenols is 1. The van der Waals surface area contributed by atoms with Gasteiger partial charge in [-0.05, 0) is 98.3 Å². The second-order valence-electron chi connectivity index (χ2n) is 31.5. The van der Waals surface area contributed by atoms with Crippen LogP contribution in [0, 0.1) is 34.5 Å². The molecule has 15 atom stereocenters. The lowest BCUT2D eigenvalue weighted by Gasteiger charge is -2.31. The number of aliphatic carboxylic acids is 3. The molecule has 130 heavy (non-hydrogen) atoms. The number of nitrogens with one attached hydrogen (secondary N) is 19. The third kappa shape index (κ3) is 44.3. The quantitative estimate of drug-likeness (QED) is 0.0127. The Morgan fingerprint density at radius 1 is 0.531 bits per heavy atom. The Kier molecular flexibility index (Phi) is 51.8. The van der Waals surface area contributed by atoms with E-state index < -0.39 is 297 Å². The summed E-state index contributed by atoms with van der Waals surface area (Å²) < 4.78 is 0. The number of carbonyl (C=O) groups is 19. The smallest absolute Gasteiger partial charge is 0.326 e. The fraction of sp³-hybridized carbons (Fsp3) is 0.588. The summed E-state index contributed by atoms with van der Waals surface area (Å²) >= 11 is 0. The SMILES string of the molecule is CC(=O)O.CC[C@H](C)[C@H](NC(=O)[C@H](CCCNC(=N)N)NC(=O)[C@H](CC(C)C)NC(=O)[C@@H](N)Cc1ccc(O)cc1)C(=O)N[C@H](C(=O)N[C@@H](CCC(N)=O)C(=O)NC1CSSC[C@@H](C(=O)NCC(=O)N[C@@H](Cc2ccccc2)C(=O)O)NC(=O)C(CO)NC(=O)CNC(=O)[C@H](CCC(=O)O)NC(=O)C(C(C)C)NC(=O)[C@H](CO)NC(=O)C(CCCNC(=N)N)NC1=O)C(C)C. The summed E-state index contributed by atoms with van der Waals surface area (Å²) in [5, 5.41) is 115. The standard InChI is InChI=1S/C78H123N23O23S2.C2H4O2/c1-9-41(8)62(101-68(115)47(18-14-28-86-78(83)84)91-69(116)50(29-38(2)3)95-63(110)45(79)30-43-19-21-44(104)22-20-43)75(122)100-61(40(6)7)74(121)94-49(23-25-56(80)105)67(114)98-55-37-126-125-36-54(65(112)88-32-57(106)89-51(76(123)124)31-42-15-11-10-12-16-42)97-70(117)52(34-102)90-58(107)33-87-64(111)48(24-26-59(108)109)93-73(120)60(39(4)5)99-71(118)53(35-103)96-66(113)46(92-72(55)119)17-13-27-85-77(81)82;1-2(3)4/h10-12,15-16,19-22,38-41,45-55,60-62,102-104H,9,13-14,17-18,23-37,79H2,1-8H3,(H2,80,105)(H,87,111)(H,88,112)(H,89,106)(H,90,107)(H,91,116)(H,92,119)(H,93,120)(H,94,121)(H,95,110)(H,96,113)(H,97,117)(H,98,114)(H,99,118)(H,100,122)(H,101,115)(H,108,109)(H,123,124)(H4,81,82,85)(H4,83,84,86);1H3,(H,3,4)/t41-,45-,46?,47-,48-,49-,50-,51-,52?,53-,54-,55?,60?,61-,62-;/m0./s1. The van der Waals surface area contributed by atoms with Crippen molar-refractivity contribution in [3.63, 3.8) is 0 Å². The maximum Gasteiger partial charge on any atom is 0.326 e. The van der Waals surface area contributed by atoms with Crippen LogP contribution in [0.25, 0.3) is 0 Å². The highest BCUT2D eigenvalue weighted by atomic mass is 33.1. The average molecular weight is 1880 g/mol. The van der Waals surface area contributed by atoms with Crippen molar-refractivity contribution < 1.29 is 122 Å². The number of rotatable bonds is 43. The molecule has 4 unspecified atom stereocenters. The van der Waals surface area contributed by atoms with E-state index in [-0.39, 0.29) is 69.7 Å². The lowest BCUT2D eigenvalue weighted by atomic mass is 9.95. The molecule has 2 aromatic carbocycles. The molecular formula is C80H127N23O25S2. The van der Waals surface area contributed by atoms with Crippen molar-refractivity contribution in [2.45, 2.75) is 224 Å². The molecule has 16 amide bonds. The maximum absolute atomic E-state index is 15.1. The molecule has 33 N–H and O–H groups in total. The van der Waals surface area contributed by atoms with Gasteiger partial charge >= 0.3 is 11.9 Å². The van der Waals surface area contributed by atoms with E-state index in [4.69, 9.17) is 43.7 Å². The third-order valence-electron chi connectivity index (χ3n) is 19.4. The van der Waals surface area contributed by atoms with Crippen LogP contribution in [0.15, 0.2) is 54.6 Å². The summed E-state index contributed by atoms with van der Waals surface area (Å²) in [5.41, 5.74) is 24.1. The number of amides is 16. The molecule has 0 radical (unpaired) electrons. The van der Waals surface area contributed by atoms with Crippen LogP contribution in [0.3, 0.4) is 0 Å². The first-order valence-electron chi connectivity index (χ1n) is 41.7. The van der Waals surface area contributed by atoms with Gasteiger partial charge in [0.05, 0.1) is 32.3 Å². The van der Waals surface area contributed by atoms with Crippen LogP contribution in [-0.4, -0.2) is 290 Å². The number of nitrogens with two attached hydrogens (primary N) is 4. The second kappa shape index (κ2) is 59.4. The molecule has 1 aliphatic heterocycles. The number of hydrogen-bond donors (Lipinski definition) is 29. The molecular weight excluding hydrogens is 1750 g/mol. The van der Waals surface area contributed by atoms with Crippen molar-refractivity contribution in [2.24, 2.45) is 46.6 Å². The Labute approximate surface area is 758 Å². The maximum atomic E-state index is 15.1. The highest BCUT2D eigenvalue weighted by molar-refractivity contribution is 8.76. The molecule has 1 heterocycles. The van der Waals surface area contributed by atoms with E-state index in [1.165, 1.54) is 39.8 Å². The van der Waals surface area contributed by atoms with E-state index in [9.17, 15) is 102 Å². The lowest BCUT2D eigenvalue weighted by molar-refractivity contribution is -0.142. The van der Waals surface area contributed by atoms with Gasteiger partial charge in [0.1, 0.15) is 84.3 Å². The van der Waals surface area contributed by atoms with Crippen molar-refractivity contribution in [2.75, 3.05) is 50.9 Å². The topological polar surface area (TPSA) is 802 Å². The Morgan fingerprint density at radius 2 is 1.05 bits per heavy atom. The number of hydrogen-bond acceptors (Lipinski definition) is 27. The molecule has 2 aromatic rings. The predicted molar refractivity (Wildman–Crippen MR) is 473 cm³/mol. The molecule has 1 fully saturated rings. The van der Waals surface area contributed by atoms with Gasteiger partial charge in [-0.15, -0.1) is 0 Å². The Balaban J connectivity index is 0.0000140. The van der Waals surface area contributed by atoms with Crippen molar-refractivity contribution >= 4 is 146 Å². The average Bonchev–Trinajstić information content (AvgIpc) is 0.888. The van der Waals surface area contributed by atoms with Gasteiger partial charge in [0, 0.05) is 50.8 Å². The van der Waals surface area contributed by atoms with Gasteiger partial charge in [-0.3, -0.25) is 97.1 Å². The zero-order valence-electron chi connectivity index (χ0n) is 73.8. The van der Waals surface area contributed by atoms with Crippen LogP contribution in [0.4, 0.5) is 0 Å². The summed E-state index contributed by atoms with van der Waals surface area (Å²) in [7, 11) is 1.34. The van der Waals surface area contributed by atoms with Crippen LogP contribution < -0.4 is 113 Å². The molecule has 0 spiro atoms. The van der Waals surface area contributed by atoms with Crippen molar-refractivity contribution in [1.82, 2.24) is 90.4 Å². The Bertz CT molecular complexity index is 4190. The fourth-order valence-corrected chi connectivity index (χ4v) is 14.5. The van der Waals surface area contributed by atoms with Gasteiger partial charge in [0.2, 0.25) is 94.5 Å². The van der Waals surface area contributed by atoms with E-state index in [0.29, 0.717) is 32.7 Å². The molecule has 3 rings (SSSR count). The van der Waals surface area contributed by atoms with E-state index >= 15 is 9.59 Å². The number of aliphatic hydroxyl groups is 2. The number of carboxylic acids is 3. The zero-order valence-corrected chi connectivity index (χ0v) is 75.4. The van der Waals surface area contributed by atoms with Crippen LogP contribution >= 0.6 is 21.6 Å². The molecule has 1 saturated heterocycles. The first-order valence-corrected chi connectivity index (χ1v) is 44.2. The van der Waals surface area contributed by atoms with Gasteiger partial charge in [0.25, 0.3) is 5.97 Å². The minimum Gasteiger partial charge on any atom is -0.508 e. The number of aromatic hydroxyl groups is 1. The van der Waals surface area contributed by atoms with Crippen molar-refractivity contribution in [1.29, 1.82) is 10.8 Å². The van der Waals surface area contributed by atoms with E-state index in [2.05, 4.69) is 90.4 Å². The summed E-state index contributed by atoms with van der Waals surface area (Å²) in [5.74, 6) is -26.0. The molecule has 50 heteroatoms. The van der Waals surface area contributed by atoms with Crippen LogP contribution in [0.5, 0.6) is 5.75 Å². The number of benzene rings is 2. The normalized spacial score (nSPS) is 19.3. The van der Waals surface area contributed by atoms with Gasteiger partial charge in [-0.1, -0.05) is 126 Å². The van der Waals surface area contributed by atoms with Crippen LogP contribution in [-0.2, 0) is 104 Å². The zero-order chi connectivity index (χ0) is 98.2. The molecule has 0 saturated carbocycles. The number of guanidine groups is 2. The summed E-state index contributed by atoms with van der Waals surface area (Å²) in [6.45, 7) is 9.37. The molecule has 0 aromatic heterocycles. The van der Waals surface area contributed by atoms with Gasteiger partial charge < -0.3 is 144 Å². The molecule has 0 bridgehead atoms. The van der Waals surface area contributed by atoms with Gasteiger partial charge in [0.15, 0.2) is 11.9 Å². The number of aliphatic hydroxyl groups excluding tert-OH is 2. The van der Waals surface area contributed by atoms with E-state index in [1.54, 1.807) is 70.2 Å². The first kappa shape index (κ1) is 113. The highest BCUT2D eigenvalue weighted by Gasteiger charge is 2.40. The number of primary amides is 1. The Morgan fingerprint density at radius 3 is 1.61 bits per heavy atom. The Hall–Kier alpha value is -12.7. The summed E-state index contributed by atoms with van der Waals surface area (Å²) in [4.78, 5) is 260. The van der Waals surface area contributed by atoms with E-state index in [1.807, 2.05) is 0 Å². The molecule has 48 nitrogen and oxygen atoms in total. The molecule has 724 valence electrons. The van der Waals surface area contributed by atoms with Gasteiger partial charge in [-0.2, -0.15) is 0 Å². The van der Waals surface area contributed by atoms with E-state index in [0.717, 1.165) is 6.92 Å². The van der Waals surface area contributed by atoms with Crippen molar-refractivity contribution in [3.8, 4) is 5.75 Å². The van der Waals surface area contributed by atoms with Crippen LogP contribution in [0.1, 0.15) is 138 Å². The number of carboxylic acid groups (broad SMARTS) is 3. The third-order valence-corrected chi connectivity index (χ3v) is 21.8. The number of phenolic OH excluding ortho intramolecular Hbond substituents is 1. The first-order chi connectivity index (χ1) is 61.1. The largest absolute Gasteiger partial charge is 0.508 e. The monoisotopic (exact) mass is 1870 g/mol. The second-order valence-corrected chi connectivity index (χ2v) is 34.0. The summed E-state index contributed by atoms with van der Waals surface area (Å²) in [6, 6.07) is -9.07. The predicted octanol–water partition coefficient (Wildman–Crippen LogP) is -7.34.